The largest absolute Gasteiger partial charge is 0.496 e. The molecule has 74 heavy (non-hydrogen) atoms. The third kappa shape index (κ3) is 9.93. The lowest BCUT2D eigenvalue weighted by Gasteiger charge is -2.24. The van der Waals surface area contributed by atoms with Crippen molar-refractivity contribution in [1.29, 1.82) is 0 Å². The SMILES string of the molecule is COc1c2cccc1Cc1cccc(c1OC)Cc1cccc(c1OC)Cc1cccc(c1OCc1ccccc1P(=O)(c1ccccc1)c1ccccc1)Cc1cccc(c1OC)Cc1cccc(c1OC)C2. The van der Waals surface area contributed by atoms with Crippen molar-refractivity contribution in [2.75, 3.05) is 35.5 Å². The van der Waals surface area contributed by atoms with Gasteiger partial charge >= 0.3 is 0 Å². The Morgan fingerprint density at radius 3 is 0.811 bits per heavy atom. The predicted molar refractivity (Wildman–Crippen MR) is 298 cm³/mol. The molecule has 7 nitrogen and oxygen atoms in total. The molecule has 9 aromatic rings. The number of ether oxygens (including phenoxy) is 6. The zero-order valence-electron chi connectivity index (χ0n) is 42.7. The molecule has 372 valence electrons. The standard InChI is InChI=1S/C66H61O7P/c1-68-61-45-21-14-22-46(61)39-48-24-16-26-50(63(48)70-3)41-52-28-18-30-54(65(52)72-5)43-56-32-19-31-55(42-53-29-17-27-51(64(53)71-4)40-49-25-15-23-47(38-45)62(49)69-2)66(56)73-44-57-20-12-13-37-60(57)74(67,58-33-8-6-9-34-58)59-35-10-7-11-36-59/h6-37H,38-44H2,1-5H3. The molecule has 1 aliphatic rings. The van der Waals surface area contributed by atoms with Crippen molar-refractivity contribution >= 4 is 23.1 Å². The first-order valence-electron chi connectivity index (χ1n) is 25.1. The molecular weight excluding hydrogens is 936 g/mol. The number of hydrogen-bond acceptors (Lipinski definition) is 7. The van der Waals surface area contributed by atoms with Gasteiger partial charge in [0.15, 0.2) is 7.14 Å². The number of rotatable bonds is 11. The van der Waals surface area contributed by atoms with Crippen LogP contribution in [0, 0.1) is 0 Å². The molecule has 0 fully saturated rings. The smallest absolute Gasteiger partial charge is 0.171 e. The van der Waals surface area contributed by atoms with E-state index in [1.165, 1.54) is 0 Å². The summed E-state index contributed by atoms with van der Waals surface area (Å²) in [5, 5.41) is 2.29. The molecule has 0 radical (unpaired) electrons. The highest BCUT2D eigenvalue weighted by molar-refractivity contribution is 7.85. The quantitative estimate of drug-likeness (QED) is 0.120. The summed E-state index contributed by atoms with van der Waals surface area (Å²) in [6.07, 6.45) is 3.43. The van der Waals surface area contributed by atoms with E-state index >= 15 is 4.57 Å². The fourth-order valence-corrected chi connectivity index (χ4v) is 13.9. The van der Waals surface area contributed by atoms with Gasteiger partial charge in [0.2, 0.25) is 0 Å². The van der Waals surface area contributed by atoms with Crippen molar-refractivity contribution in [3.05, 3.63) is 266 Å². The van der Waals surface area contributed by atoms with E-state index in [4.69, 9.17) is 28.4 Å². The highest BCUT2D eigenvalue weighted by Crippen LogP contribution is 2.45. The van der Waals surface area contributed by atoms with E-state index in [-0.39, 0.29) is 6.61 Å². The summed E-state index contributed by atoms with van der Waals surface area (Å²) >= 11 is 0. The second-order valence-corrected chi connectivity index (χ2v) is 21.4. The van der Waals surface area contributed by atoms with E-state index in [9.17, 15) is 0 Å². The molecule has 0 saturated heterocycles. The number of benzene rings is 9. The van der Waals surface area contributed by atoms with E-state index < -0.39 is 7.14 Å². The topological polar surface area (TPSA) is 72.5 Å². The molecule has 0 spiro atoms. The maximum absolute atomic E-state index is 15.9. The normalized spacial score (nSPS) is 12.4. The average Bonchev–Trinajstić information content (AvgIpc) is 3.44. The van der Waals surface area contributed by atoms with E-state index in [1.807, 2.05) is 84.9 Å². The van der Waals surface area contributed by atoms with Crippen LogP contribution in [0.4, 0.5) is 0 Å². The molecule has 12 bridgehead atoms. The summed E-state index contributed by atoms with van der Waals surface area (Å²) in [5.74, 6) is 4.90. The molecule has 1 aliphatic carbocycles. The molecule has 0 aromatic heterocycles. The fourth-order valence-electron chi connectivity index (χ4n) is 11.0. The van der Waals surface area contributed by atoms with Crippen LogP contribution in [0.3, 0.4) is 0 Å². The van der Waals surface area contributed by atoms with E-state index in [0.29, 0.717) is 38.5 Å². The minimum atomic E-state index is -3.33. The second-order valence-electron chi connectivity index (χ2n) is 18.7. The van der Waals surface area contributed by atoms with Crippen LogP contribution in [-0.4, -0.2) is 35.5 Å². The van der Waals surface area contributed by atoms with E-state index in [0.717, 1.165) is 123 Å². The molecule has 0 heterocycles. The molecule has 8 heteroatoms. The van der Waals surface area contributed by atoms with Crippen molar-refractivity contribution in [1.82, 2.24) is 0 Å². The Morgan fingerprint density at radius 1 is 0.297 bits per heavy atom. The predicted octanol–water partition coefficient (Wildman–Crippen LogP) is 12.8. The summed E-state index contributed by atoms with van der Waals surface area (Å²) in [7, 11) is 5.41. The summed E-state index contributed by atoms with van der Waals surface area (Å²) < 4.78 is 54.6. The highest BCUT2D eigenvalue weighted by Gasteiger charge is 2.32. The van der Waals surface area contributed by atoms with Crippen LogP contribution in [0.5, 0.6) is 34.5 Å². The Kier molecular flexibility index (Phi) is 15.0. The molecule has 0 saturated carbocycles. The van der Waals surface area contributed by atoms with Gasteiger partial charge in [-0.25, -0.2) is 0 Å². The van der Waals surface area contributed by atoms with Gasteiger partial charge in [-0.2, -0.15) is 0 Å². The summed E-state index contributed by atoms with van der Waals surface area (Å²) in [4.78, 5) is 0. The van der Waals surface area contributed by atoms with Crippen molar-refractivity contribution in [2.45, 2.75) is 45.1 Å². The van der Waals surface area contributed by atoms with E-state index in [2.05, 4.69) is 109 Å². The first-order chi connectivity index (χ1) is 36.3. The van der Waals surface area contributed by atoms with Gasteiger partial charge < -0.3 is 33.0 Å². The molecular formula is C66H61O7P. The van der Waals surface area contributed by atoms with Crippen molar-refractivity contribution < 1.29 is 33.0 Å². The molecule has 9 aromatic carbocycles. The lowest BCUT2D eigenvalue weighted by atomic mass is 9.91. The van der Waals surface area contributed by atoms with Crippen LogP contribution in [0.25, 0.3) is 0 Å². The number of para-hydroxylation sites is 6. The van der Waals surface area contributed by atoms with Crippen LogP contribution in [0.2, 0.25) is 0 Å². The van der Waals surface area contributed by atoms with Crippen molar-refractivity contribution in [2.24, 2.45) is 0 Å². The summed E-state index contributed by atoms with van der Waals surface area (Å²) in [5.41, 5.74) is 13.3. The molecule has 0 atom stereocenters. The summed E-state index contributed by atoms with van der Waals surface area (Å²) in [6.45, 7) is 0.180. The monoisotopic (exact) mass is 996 g/mol. The lowest BCUT2D eigenvalue weighted by molar-refractivity contribution is 0.301. The fraction of sp³-hybridized carbons (Fsp3) is 0.182. The molecule has 0 aliphatic heterocycles. The Labute approximate surface area is 435 Å². The minimum Gasteiger partial charge on any atom is -0.496 e. The van der Waals surface area contributed by atoms with Crippen molar-refractivity contribution in [3.63, 3.8) is 0 Å². The second kappa shape index (κ2) is 22.4. The molecule has 10 rings (SSSR count). The molecule has 0 N–H and O–H groups in total. The van der Waals surface area contributed by atoms with Gasteiger partial charge in [-0.1, -0.05) is 194 Å². The molecule has 0 unspecified atom stereocenters. The van der Waals surface area contributed by atoms with Gasteiger partial charge in [-0.05, 0) is 66.8 Å². The van der Waals surface area contributed by atoms with Gasteiger partial charge in [-0.15, -0.1) is 0 Å². The highest BCUT2D eigenvalue weighted by atomic mass is 31.2. The third-order valence-electron chi connectivity index (χ3n) is 14.3. The Bertz CT molecular complexity index is 3280. The van der Waals surface area contributed by atoms with Gasteiger partial charge in [0.1, 0.15) is 41.1 Å². The Morgan fingerprint density at radius 2 is 0.541 bits per heavy atom. The number of hydrogen-bond donors (Lipinski definition) is 0. The first-order valence-corrected chi connectivity index (χ1v) is 26.8. The van der Waals surface area contributed by atoms with Gasteiger partial charge in [0.25, 0.3) is 0 Å². The lowest BCUT2D eigenvalue weighted by Crippen LogP contribution is -2.28. The van der Waals surface area contributed by atoms with Crippen LogP contribution < -0.4 is 44.3 Å². The number of methoxy groups -OCH3 is 5. The minimum absolute atomic E-state index is 0.180. The maximum atomic E-state index is 15.9. The maximum Gasteiger partial charge on any atom is 0.171 e. The summed E-state index contributed by atoms with van der Waals surface area (Å²) in [6, 6.07) is 65.9. The van der Waals surface area contributed by atoms with Crippen LogP contribution >= 0.6 is 7.14 Å². The molecule has 0 amide bonds. The average molecular weight is 997 g/mol. The third-order valence-corrected chi connectivity index (χ3v) is 17.5. The van der Waals surface area contributed by atoms with Gasteiger partial charge in [0.05, 0.1) is 35.5 Å². The van der Waals surface area contributed by atoms with Crippen LogP contribution in [0.15, 0.2) is 194 Å². The van der Waals surface area contributed by atoms with Gasteiger partial charge in [-0.3, -0.25) is 0 Å². The Balaban J connectivity index is 1.12. The van der Waals surface area contributed by atoms with Crippen molar-refractivity contribution in [3.8, 4) is 34.5 Å². The zero-order valence-corrected chi connectivity index (χ0v) is 43.6. The van der Waals surface area contributed by atoms with Gasteiger partial charge in [0, 0.05) is 60.0 Å². The number of fused-ring (bicyclic) bond motifs is 12. The van der Waals surface area contributed by atoms with E-state index in [1.54, 1.807) is 35.5 Å². The Hall–Kier alpha value is -7.99. The van der Waals surface area contributed by atoms with Crippen LogP contribution in [0.1, 0.15) is 72.3 Å². The zero-order chi connectivity index (χ0) is 51.0. The first kappa shape index (κ1) is 49.6. The van der Waals surface area contributed by atoms with Crippen LogP contribution in [-0.2, 0) is 49.7 Å².